The second kappa shape index (κ2) is 7.98. The van der Waals surface area contributed by atoms with Crippen LogP contribution in [0.4, 0.5) is 5.69 Å². The Bertz CT molecular complexity index is 979. The van der Waals surface area contributed by atoms with E-state index in [4.69, 9.17) is 4.74 Å². The van der Waals surface area contributed by atoms with Crippen molar-refractivity contribution in [3.63, 3.8) is 0 Å². The molecule has 1 N–H and O–H groups in total. The Labute approximate surface area is 178 Å². The predicted molar refractivity (Wildman–Crippen MR) is 118 cm³/mol. The highest BCUT2D eigenvalue weighted by Crippen LogP contribution is 2.42. The van der Waals surface area contributed by atoms with Crippen LogP contribution in [0.3, 0.4) is 0 Å². The van der Waals surface area contributed by atoms with Crippen molar-refractivity contribution in [3.05, 3.63) is 71.0 Å². The van der Waals surface area contributed by atoms with Crippen molar-refractivity contribution < 1.29 is 19.4 Å². The Hall–Kier alpha value is -3.08. The summed E-state index contributed by atoms with van der Waals surface area (Å²) in [7, 11) is 1.57. The highest BCUT2D eigenvalue weighted by molar-refractivity contribution is 6.16. The fraction of sp³-hybridized carbons (Fsp3) is 0.360. The van der Waals surface area contributed by atoms with Gasteiger partial charge in [0.1, 0.15) is 5.75 Å². The van der Waals surface area contributed by atoms with Gasteiger partial charge in [-0.25, -0.2) is 0 Å². The van der Waals surface area contributed by atoms with Crippen LogP contribution in [0.15, 0.2) is 59.9 Å². The van der Waals surface area contributed by atoms with E-state index in [0.29, 0.717) is 11.4 Å². The molecule has 2 aromatic rings. The topological polar surface area (TPSA) is 66.8 Å². The van der Waals surface area contributed by atoms with E-state index in [0.717, 1.165) is 11.1 Å². The predicted octanol–water partition coefficient (Wildman–Crippen LogP) is 5.12. The molecule has 158 valence electrons. The second-order valence-corrected chi connectivity index (χ2v) is 8.93. The zero-order valence-corrected chi connectivity index (χ0v) is 18.4. The minimum Gasteiger partial charge on any atom is -0.503 e. The molecule has 0 aromatic heterocycles. The van der Waals surface area contributed by atoms with Crippen LogP contribution in [0.5, 0.6) is 5.75 Å². The number of carbonyl (C=O) groups is 2. The monoisotopic (exact) mass is 407 g/mol. The maximum Gasteiger partial charge on any atom is 0.294 e. The molecule has 0 saturated heterocycles. The molecule has 0 aliphatic carbocycles. The molecule has 1 aliphatic rings. The van der Waals surface area contributed by atoms with Crippen molar-refractivity contribution in [2.24, 2.45) is 5.92 Å². The first-order valence-electron chi connectivity index (χ1n) is 10.1. The van der Waals surface area contributed by atoms with Crippen molar-refractivity contribution in [2.75, 3.05) is 12.0 Å². The van der Waals surface area contributed by atoms with Crippen LogP contribution < -0.4 is 9.64 Å². The summed E-state index contributed by atoms with van der Waals surface area (Å²) < 4.78 is 5.21. The van der Waals surface area contributed by atoms with E-state index >= 15 is 0 Å². The molecule has 5 nitrogen and oxygen atoms in total. The van der Waals surface area contributed by atoms with Gasteiger partial charge in [-0.1, -0.05) is 58.9 Å². The van der Waals surface area contributed by atoms with E-state index in [1.165, 1.54) is 4.90 Å². The van der Waals surface area contributed by atoms with Crippen molar-refractivity contribution in [1.82, 2.24) is 0 Å². The number of nitrogens with zero attached hydrogens (tertiary/aromatic N) is 1. The van der Waals surface area contributed by atoms with Crippen LogP contribution in [0.2, 0.25) is 0 Å². The number of hydrogen-bond acceptors (Lipinski definition) is 4. The molecule has 1 unspecified atom stereocenters. The maximum absolute atomic E-state index is 13.0. The third-order valence-electron chi connectivity index (χ3n) is 5.44. The number of hydrogen-bond donors (Lipinski definition) is 1. The molecule has 5 heteroatoms. The molecule has 1 heterocycles. The number of rotatable bonds is 5. The summed E-state index contributed by atoms with van der Waals surface area (Å²) in [5.41, 5.74) is 2.64. The SMILES string of the molecule is COc1ccc(N2C(=O)C(O)=C(C(=O)C(C)C)C2c2ccc(C(C)(C)C)cc2)cc1. The summed E-state index contributed by atoms with van der Waals surface area (Å²) in [6, 6.07) is 14.2. The van der Waals surface area contributed by atoms with Gasteiger partial charge in [0.05, 0.1) is 18.7 Å². The molecule has 0 fully saturated rings. The lowest BCUT2D eigenvalue weighted by Gasteiger charge is -2.28. The normalized spacial score (nSPS) is 17.1. The molecule has 1 atom stereocenters. The standard InChI is InChI=1S/C25H29NO4/c1-15(2)22(27)20-21(16-7-9-17(10-8-16)25(3,4)5)26(24(29)23(20)28)18-11-13-19(30-6)14-12-18/h7-15,21,28H,1-6H3. The number of ether oxygens (including phenoxy) is 1. The minimum atomic E-state index is -0.685. The number of aliphatic hydroxyl groups is 1. The van der Waals surface area contributed by atoms with Gasteiger partial charge in [-0.15, -0.1) is 0 Å². The number of anilines is 1. The van der Waals surface area contributed by atoms with Crippen LogP contribution in [0.25, 0.3) is 0 Å². The highest BCUT2D eigenvalue weighted by Gasteiger charge is 2.44. The van der Waals surface area contributed by atoms with Crippen LogP contribution in [0.1, 0.15) is 51.8 Å². The quantitative estimate of drug-likeness (QED) is 0.747. The van der Waals surface area contributed by atoms with E-state index in [-0.39, 0.29) is 22.7 Å². The van der Waals surface area contributed by atoms with Crippen molar-refractivity contribution in [1.29, 1.82) is 0 Å². The highest BCUT2D eigenvalue weighted by atomic mass is 16.5. The first-order chi connectivity index (χ1) is 14.1. The van der Waals surface area contributed by atoms with Crippen molar-refractivity contribution in [3.8, 4) is 5.75 Å². The lowest BCUT2D eigenvalue weighted by Crippen LogP contribution is -2.31. The lowest BCUT2D eigenvalue weighted by molar-refractivity contribution is -0.119. The molecule has 0 saturated carbocycles. The molecule has 0 bridgehead atoms. The van der Waals surface area contributed by atoms with E-state index < -0.39 is 17.7 Å². The van der Waals surface area contributed by atoms with Gasteiger partial charge in [-0.05, 0) is 40.8 Å². The summed E-state index contributed by atoms with van der Waals surface area (Å²) in [4.78, 5) is 27.5. The third-order valence-corrected chi connectivity index (χ3v) is 5.44. The summed E-state index contributed by atoms with van der Waals surface area (Å²) in [5.74, 6) is -0.973. The van der Waals surface area contributed by atoms with Gasteiger partial charge >= 0.3 is 0 Å². The number of Topliss-reactive ketones (excluding diaryl/α,β-unsaturated/α-hetero) is 1. The summed E-state index contributed by atoms with van der Waals surface area (Å²) in [5, 5.41) is 10.7. The molecule has 1 aliphatic heterocycles. The molecule has 30 heavy (non-hydrogen) atoms. The largest absolute Gasteiger partial charge is 0.503 e. The lowest BCUT2D eigenvalue weighted by atomic mass is 9.85. The Morgan fingerprint density at radius 2 is 1.60 bits per heavy atom. The van der Waals surface area contributed by atoms with Gasteiger partial charge in [-0.3, -0.25) is 14.5 Å². The van der Waals surface area contributed by atoms with Crippen molar-refractivity contribution >= 4 is 17.4 Å². The number of amides is 1. The Kier molecular flexibility index (Phi) is 5.75. The minimum absolute atomic E-state index is 0.0196. The number of aliphatic hydroxyl groups excluding tert-OH is 1. The average molecular weight is 408 g/mol. The van der Waals surface area contributed by atoms with Crippen LogP contribution in [-0.2, 0) is 15.0 Å². The molecular weight excluding hydrogens is 378 g/mol. The van der Waals surface area contributed by atoms with Gasteiger partial charge in [0.2, 0.25) is 0 Å². The fourth-order valence-electron chi connectivity index (χ4n) is 3.66. The molecule has 1 amide bonds. The fourth-order valence-corrected chi connectivity index (χ4v) is 3.66. The molecule has 3 rings (SSSR count). The Balaban J connectivity index is 2.14. The van der Waals surface area contributed by atoms with Gasteiger partial charge < -0.3 is 9.84 Å². The zero-order valence-electron chi connectivity index (χ0n) is 18.4. The molecule has 0 radical (unpaired) electrons. The summed E-state index contributed by atoms with van der Waals surface area (Å²) >= 11 is 0. The Morgan fingerprint density at radius 3 is 2.07 bits per heavy atom. The van der Waals surface area contributed by atoms with Crippen LogP contribution >= 0.6 is 0 Å². The number of ketones is 1. The first kappa shape index (κ1) is 21.6. The van der Waals surface area contributed by atoms with E-state index in [9.17, 15) is 14.7 Å². The van der Waals surface area contributed by atoms with E-state index in [1.54, 1.807) is 45.2 Å². The van der Waals surface area contributed by atoms with Gasteiger partial charge in [-0.2, -0.15) is 0 Å². The van der Waals surface area contributed by atoms with Gasteiger partial charge in [0.15, 0.2) is 11.5 Å². The summed E-state index contributed by atoms with van der Waals surface area (Å²) in [6.07, 6.45) is 0. The maximum atomic E-state index is 13.0. The van der Waals surface area contributed by atoms with E-state index in [2.05, 4.69) is 20.8 Å². The van der Waals surface area contributed by atoms with Crippen molar-refractivity contribution in [2.45, 2.75) is 46.1 Å². The molecule has 2 aromatic carbocycles. The number of benzene rings is 2. The second-order valence-electron chi connectivity index (χ2n) is 8.93. The van der Waals surface area contributed by atoms with Gasteiger partial charge in [0, 0.05) is 11.6 Å². The summed E-state index contributed by atoms with van der Waals surface area (Å²) in [6.45, 7) is 9.92. The number of carbonyl (C=O) groups excluding carboxylic acids is 2. The average Bonchev–Trinajstić information content (AvgIpc) is 2.97. The first-order valence-corrected chi connectivity index (χ1v) is 10.1. The Morgan fingerprint density at radius 1 is 1.03 bits per heavy atom. The van der Waals surface area contributed by atoms with Gasteiger partial charge in [0.25, 0.3) is 5.91 Å². The molecular formula is C25H29NO4. The molecule has 0 spiro atoms. The number of methoxy groups -OCH3 is 1. The van der Waals surface area contributed by atoms with Crippen LogP contribution in [0, 0.1) is 5.92 Å². The smallest absolute Gasteiger partial charge is 0.294 e. The zero-order chi connectivity index (χ0) is 22.2. The third kappa shape index (κ3) is 3.84. The van der Waals surface area contributed by atoms with Crippen LogP contribution in [-0.4, -0.2) is 23.9 Å². The van der Waals surface area contributed by atoms with E-state index in [1.807, 2.05) is 24.3 Å².